The summed E-state index contributed by atoms with van der Waals surface area (Å²) in [5, 5.41) is 0. The number of rotatable bonds is 7. The third-order valence-corrected chi connectivity index (χ3v) is 3.18. The molecule has 0 heteroatoms. The molecule has 17 heavy (non-hydrogen) atoms. The molecule has 0 aliphatic rings. The topological polar surface area (TPSA) is 0 Å². The normalized spacial score (nSPS) is 15.4. The third-order valence-electron chi connectivity index (χ3n) is 3.18. The van der Waals surface area contributed by atoms with E-state index in [9.17, 15) is 0 Å². The van der Waals surface area contributed by atoms with Gasteiger partial charge in [0.15, 0.2) is 0 Å². The van der Waals surface area contributed by atoms with Crippen molar-refractivity contribution in [3.05, 3.63) is 47.6 Å². The second kappa shape index (κ2) is 9.04. The lowest BCUT2D eigenvalue weighted by Crippen LogP contribution is -2.01. The van der Waals surface area contributed by atoms with Gasteiger partial charge < -0.3 is 0 Å². The van der Waals surface area contributed by atoms with E-state index < -0.39 is 0 Å². The molecule has 0 aliphatic carbocycles. The summed E-state index contributed by atoms with van der Waals surface area (Å²) in [6.07, 6.45) is 12.2. The quantitative estimate of drug-likeness (QED) is 0.484. The zero-order valence-electron chi connectivity index (χ0n) is 12.2. The molecular weight excluding hydrogens is 204 g/mol. The van der Waals surface area contributed by atoms with Crippen LogP contribution in [-0.2, 0) is 0 Å². The Morgan fingerprint density at radius 2 is 1.94 bits per heavy atom. The van der Waals surface area contributed by atoms with Gasteiger partial charge in [-0.05, 0) is 49.3 Å². The minimum Gasteiger partial charge on any atom is -0.0912 e. The van der Waals surface area contributed by atoms with Crippen molar-refractivity contribution >= 4 is 0 Å². The molecule has 0 aliphatic heterocycles. The molecule has 1 unspecified atom stereocenters. The van der Waals surface area contributed by atoms with Crippen molar-refractivity contribution < 1.29 is 0 Å². The van der Waals surface area contributed by atoms with Crippen LogP contribution in [0.2, 0.25) is 0 Å². The van der Waals surface area contributed by atoms with Crippen LogP contribution in [0.5, 0.6) is 0 Å². The summed E-state index contributed by atoms with van der Waals surface area (Å²) in [6.45, 7) is 15.2. The minimum absolute atomic E-state index is 0.573. The molecule has 0 aromatic carbocycles. The Bertz CT molecular complexity index is 313. The van der Waals surface area contributed by atoms with Gasteiger partial charge in [-0.25, -0.2) is 0 Å². The van der Waals surface area contributed by atoms with Crippen LogP contribution in [0.15, 0.2) is 47.6 Å². The Balaban J connectivity index is 5.00. The van der Waals surface area contributed by atoms with Crippen LogP contribution >= 0.6 is 0 Å². The molecule has 0 spiro atoms. The van der Waals surface area contributed by atoms with Crippen molar-refractivity contribution in [3.8, 4) is 0 Å². The van der Waals surface area contributed by atoms with Gasteiger partial charge in [0.2, 0.25) is 0 Å². The summed E-state index contributed by atoms with van der Waals surface area (Å²) in [7, 11) is 0. The molecule has 0 N–H and O–H groups in total. The largest absolute Gasteiger partial charge is 0.0912 e. The smallest absolute Gasteiger partial charge is 0.0187 e. The second-order valence-corrected chi connectivity index (χ2v) is 4.61. The van der Waals surface area contributed by atoms with E-state index in [0.29, 0.717) is 5.92 Å². The molecule has 0 heterocycles. The van der Waals surface area contributed by atoms with E-state index in [0.717, 1.165) is 12.8 Å². The molecule has 0 bridgehead atoms. The summed E-state index contributed by atoms with van der Waals surface area (Å²) in [5.41, 5.74) is 3.89. The highest BCUT2D eigenvalue weighted by atomic mass is 14.2. The van der Waals surface area contributed by atoms with Crippen LogP contribution < -0.4 is 0 Å². The maximum absolute atomic E-state index is 4.26. The highest BCUT2D eigenvalue weighted by Crippen LogP contribution is 2.26. The Hall–Kier alpha value is -1.04. The van der Waals surface area contributed by atoms with E-state index >= 15 is 0 Å². The number of hydrogen-bond acceptors (Lipinski definition) is 0. The second-order valence-electron chi connectivity index (χ2n) is 4.61. The van der Waals surface area contributed by atoms with E-state index in [-0.39, 0.29) is 0 Å². The SMILES string of the molecule is C=C(C(C)=CCCC)C(=CC=CC)C(C)CC. The van der Waals surface area contributed by atoms with Gasteiger partial charge in [0.1, 0.15) is 0 Å². The molecule has 96 valence electrons. The van der Waals surface area contributed by atoms with Crippen molar-refractivity contribution in [3.63, 3.8) is 0 Å². The summed E-state index contributed by atoms with van der Waals surface area (Å²) in [4.78, 5) is 0. The van der Waals surface area contributed by atoms with E-state index in [1.54, 1.807) is 0 Å². The number of hydrogen-bond donors (Lipinski definition) is 0. The monoisotopic (exact) mass is 232 g/mol. The van der Waals surface area contributed by atoms with Gasteiger partial charge in [0.05, 0.1) is 0 Å². The molecule has 0 saturated heterocycles. The third kappa shape index (κ3) is 5.72. The van der Waals surface area contributed by atoms with Gasteiger partial charge in [-0.3, -0.25) is 0 Å². The molecular formula is C17H28. The predicted octanol–water partition coefficient (Wildman–Crippen LogP) is 5.84. The first-order valence-electron chi connectivity index (χ1n) is 6.77. The first-order chi connectivity index (χ1) is 8.08. The number of allylic oxidation sites excluding steroid dienone is 7. The molecule has 0 rings (SSSR count). The van der Waals surface area contributed by atoms with E-state index in [1.165, 1.54) is 23.1 Å². The first-order valence-corrected chi connectivity index (χ1v) is 6.77. The average molecular weight is 232 g/mol. The predicted molar refractivity (Wildman–Crippen MR) is 80.2 cm³/mol. The molecule has 1 atom stereocenters. The van der Waals surface area contributed by atoms with E-state index in [2.05, 4.69) is 58.6 Å². The maximum atomic E-state index is 4.26. The van der Waals surface area contributed by atoms with E-state index in [1.807, 2.05) is 6.92 Å². The first kappa shape index (κ1) is 16.0. The molecule has 0 amide bonds. The van der Waals surface area contributed by atoms with Gasteiger partial charge >= 0.3 is 0 Å². The van der Waals surface area contributed by atoms with E-state index in [4.69, 9.17) is 0 Å². The minimum atomic E-state index is 0.573. The van der Waals surface area contributed by atoms with Crippen LogP contribution in [0.4, 0.5) is 0 Å². The molecule has 0 fully saturated rings. The van der Waals surface area contributed by atoms with Crippen LogP contribution in [-0.4, -0.2) is 0 Å². The summed E-state index contributed by atoms with van der Waals surface area (Å²) < 4.78 is 0. The molecule has 0 aromatic rings. The maximum Gasteiger partial charge on any atom is -0.0187 e. The van der Waals surface area contributed by atoms with Crippen LogP contribution in [0, 0.1) is 5.92 Å². The Labute approximate surface area is 108 Å². The lowest BCUT2D eigenvalue weighted by Gasteiger charge is -2.17. The van der Waals surface area contributed by atoms with Crippen molar-refractivity contribution in [2.75, 3.05) is 0 Å². The molecule has 0 saturated carbocycles. The number of unbranched alkanes of at least 4 members (excludes halogenated alkanes) is 1. The van der Waals surface area contributed by atoms with Crippen molar-refractivity contribution in [2.24, 2.45) is 5.92 Å². The zero-order chi connectivity index (χ0) is 13.3. The summed E-state index contributed by atoms with van der Waals surface area (Å²) >= 11 is 0. The van der Waals surface area contributed by atoms with Crippen molar-refractivity contribution in [1.82, 2.24) is 0 Å². The molecule has 0 nitrogen and oxygen atoms in total. The van der Waals surface area contributed by atoms with Gasteiger partial charge in [-0.1, -0.05) is 58.1 Å². The van der Waals surface area contributed by atoms with Crippen LogP contribution in [0.3, 0.4) is 0 Å². The van der Waals surface area contributed by atoms with Gasteiger partial charge in [-0.15, -0.1) is 0 Å². The zero-order valence-corrected chi connectivity index (χ0v) is 12.2. The highest BCUT2D eigenvalue weighted by molar-refractivity contribution is 5.46. The molecule has 0 aromatic heterocycles. The van der Waals surface area contributed by atoms with Crippen molar-refractivity contribution in [1.29, 1.82) is 0 Å². The lowest BCUT2D eigenvalue weighted by molar-refractivity contribution is 0.663. The fraction of sp³-hybridized carbons (Fsp3) is 0.529. The van der Waals surface area contributed by atoms with Crippen LogP contribution in [0.1, 0.15) is 53.9 Å². The van der Waals surface area contributed by atoms with Crippen molar-refractivity contribution in [2.45, 2.75) is 53.9 Å². The standard InChI is InChI=1S/C17H28/c1-7-10-12-15(5)16(6)17(13-11-8-2)14(4)9-3/h8,11-14H,6-7,9-10H2,1-5H3. The van der Waals surface area contributed by atoms with Gasteiger partial charge in [0, 0.05) is 0 Å². The fourth-order valence-corrected chi connectivity index (χ4v) is 1.69. The van der Waals surface area contributed by atoms with Crippen LogP contribution in [0.25, 0.3) is 0 Å². The highest BCUT2D eigenvalue weighted by Gasteiger charge is 2.10. The average Bonchev–Trinajstić information content (AvgIpc) is 2.35. The molecule has 0 radical (unpaired) electrons. The van der Waals surface area contributed by atoms with Gasteiger partial charge in [0.25, 0.3) is 0 Å². The fourth-order valence-electron chi connectivity index (χ4n) is 1.69. The van der Waals surface area contributed by atoms with Gasteiger partial charge in [-0.2, -0.15) is 0 Å². The lowest BCUT2D eigenvalue weighted by atomic mass is 9.88. The Morgan fingerprint density at radius 3 is 2.41 bits per heavy atom. The Morgan fingerprint density at radius 1 is 1.29 bits per heavy atom. The Kier molecular flexibility index (Phi) is 8.49. The summed E-state index contributed by atoms with van der Waals surface area (Å²) in [6, 6.07) is 0. The summed E-state index contributed by atoms with van der Waals surface area (Å²) in [5.74, 6) is 0.573.